The maximum atomic E-state index is 12.9. The molecule has 2 heterocycles. The van der Waals surface area contributed by atoms with Crippen LogP contribution in [0.4, 0.5) is 19.0 Å². The van der Waals surface area contributed by atoms with Crippen LogP contribution in [0.15, 0.2) is 41.1 Å². The van der Waals surface area contributed by atoms with Crippen LogP contribution >= 0.6 is 15.9 Å². The molecular formula is C13H11BrF3N3. The van der Waals surface area contributed by atoms with E-state index in [1.807, 2.05) is 12.1 Å². The zero-order valence-corrected chi connectivity index (χ0v) is 11.9. The number of halogens is 4. The molecule has 0 fully saturated rings. The largest absolute Gasteiger partial charge is 0.419 e. The average Bonchev–Trinajstić information content (AvgIpc) is 2.40. The van der Waals surface area contributed by atoms with Crippen molar-refractivity contribution in [3.8, 4) is 0 Å². The number of pyridine rings is 2. The molecule has 0 radical (unpaired) electrons. The molecule has 0 unspecified atom stereocenters. The number of nitrogens with one attached hydrogen (secondary N) is 1. The number of rotatable bonds is 4. The SMILES string of the molecule is FC(F)(F)c1cc(Br)cnc1NCCc1ccccn1. The fourth-order valence-corrected chi connectivity index (χ4v) is 1.98. The molecule has 106 valence electrons. The van der Waals surface area contributed by atoms with E-state index in [-0.39, 0.29) is 5.82 Å². The van der Waals surface area contributed by atoms with Crippen LogP contribution < -0.4 is 5.32 Å². The third-order valence-corrected chi connectivity index (χ3v) is 2.99. The summed E-state index contributed by atoms with van der Waals surface area (Å²) < 4.78 is 38.9. The highest BCUT2D eigenvalue weighted by Crippen LogP contribution is 2.35. The predicted octanol–water partition coefficient (Wildman–Crippen LogP) is 3.91. The second-order valence-corrected chi connectivity index (χ2v) is 4.96. The fourth-order valence-electron chi connectivity index (χ4n) is 1.65. The normalized spacial score (nSPS) is 11.4. The van der Waals surface area contributed by atoms with E-state index in [4.69, 9.17) is 0 Å². The predicted molar refractivity (Wildman–Crippen MR) is 73.4 cm³/mol. The zero-order chi connectivity index (χ0) is 14.6. The fraction of sp³-hybridized carbons (Fsp3) is 0.231. The van der Waals surface area contributed by atoms with E-state index in [1.165, 1.54) is 6.20 Å². The lowest BCUT2D eigenvalue weighted by Crippen LogP contribution is -2.14. The Labute approximate surface area is 122 Å². The van der Waals surface area contributed by atoms with Crippen LogP contribution in [0.5, 0.6) is 0 Å². The van der Waals surface area contributed by atoms with Crippen LogP contribution in [-0.4, -0.2) is 16.5 Å². The monoisotopic (exact) mass is 345 g/mol. The van der Waals surface area contributed by atoms with E-state index in [0.29, 0.717) is 17.4 Å². The Kier molecular flexibility index (Phi) is 4.59. The topological polar surface area (TPSA) is 37.8 Å². The molecule has 0 saturated carbocycles. The molecule has 0 aliphatic heterocycles. The summed E-state index contributed by atoms with van der Waals surface area (Å²) in [5.74, 6) is -0.170. The molecule has 0 aromatic carbocycles. The van der Waals surface area contributed by atoms with Crippen LogP contribution in [0.2, 0.25) is 0 Å². The summed E-state index contributed by atoms with van der Waals surface area (Å²) in [6.07, 6.45) is -0.938. The molecule has 0 saturated heterocycles. The third kappa shape index (κ3) is 3.93. The molecule has 3 nitrogen and oxygen atoms in total. The van der Waals surface area contributed by atoms with Gasteiger partial charge in [-0.05, 0) is 34.1 Å². The number of hydrogen-bond donors (Lipinski definition) is 1. The van der Waals surface area contributed by atoms with Crippen molar-refractivity contribution in [1.82, 2.24) is 9.97 Å². The number of aromatic nitrogens is 2. The van der Waals surface area contributed by atoms with Gasteiger partial charge in [0.1, 0.15) is 5.82 Å². The minimum atomic E-state index is -4.44. The lowest BCUT2D eigenvalue weighted by atomic mass is 10.2. The summed E-state index contributed by atoms with van der Waals surface area (Å²) in [5.41, 5.74) is 0.0265. The van der Waals surface area contributed by atoms with Crippen LogP contribution in [0, 0.1) is 0 Å². The second-order valence-electron chi connectivity index (χ2n) is 4.05. The smallest absolute Gasteiger partial charge is 0.369 e. The van der Waals surface area contributed by atoms with Crippen molar-refractivity contribution >= 4 is 21.7 Å². The van der Waals surface area contributed by atoms with Crippen molar-refractivity contribution in [2.75, 3.05) is 11.9 Å². The van der Waals surface area contributed by atoms with Gasteiger partial charge in [-0.15, -0.1) is 0 Å². The molecule has 0 atom stereocenters. The highest BCUT2D eigenvalue weighted by atomic mass is 79.9. The van der Waals surface area contributed by atoms with E-state index in [2.05, 4.69) is 31.2 Å². The highest BCUT2D eigenvalue weighted by Gasteiger charge is 2.34. The van der Waals surface area contributed by atoms with Crippen molar-refractivity contribution in [3.05, 3.63) is 52.4 Å². The maximum Gasteiger partial charge on any atom is 0.419 e. The van der Waals surface area contributed by atoms with Gasteiger partial charge in [-0.25, -0.2) is 4.98 Å². The molecule has 1 N–H and O–H groups in total. The van der Waals surface area contributed by atoms with E-state index >= 15 is 0 Å². The van der Waals surface area contributed by atoms with Crippen molar-refractivity contribution in [2.45, 2.75) is 12.6 Å². The van der Waals surface area contributed by atoms with E-state index in [9.17, 15) is 13.2 Å². The van der Waals surface area contributed by atoms with Gasteiger partial charge in [-0.3, -0.25) is 4.98 Å². The molecular weight excluding hydrogens is 335 g/mol. The first kappa shape index (κ1) is 14.8. The summed E-state index contributed by atoms with van der Waals surface area (Å²) in [6, 6.07) is 6.45. The third-order valence-electron chi connectivity index (χ3n) is 2.56. The number of alkyl halides is 3. The standard InChI is InChI=1S/C13H11BrF3N3/c14-9-7-11(13(15,16)17)12(20-8-9)19-6-4-10-3-1-2-5-18-10/h1-3,5,7-8H,4,6H2,(H,19,20). The van der Waals surface area contributed by atoms with Gasteiger partial charge in [-0.1, -0.05) is 6.07 Å². The molecule has 0 aliphatic carbocycles. The summed E-state index contributed by atoms with van der Waals surface area (Å²) in [4.78, 5) is 7.88. The minimum absolute atomic E-state index is 0.170. The molecule has 0 amide bonds. The number of nitrogens with zero attached hydrogens (tertiary/aromatic N) is 2. The van der Waals surface area contributed by atoms with Crippen molar-refractivity contribution in [3.63, 3.8) is 0 Å². The molecule has 2 aromatic rings. The Morgan fingerprint density at radius 2 is 2.00 bits per heavy atom. The van der Waals surface area contributed by atoms with Gasteiger partial charge in [0.25, 0.3) is 0 Å². The zero-order valence-electron chi connectivity index (χ0n) is 10.3. The van der Waals surface area contributed by atoms with Crippen LogP contribution in [0.25, 0.3) is 0 Å². The number of hydrogen-bond acceptors (Lipinski definition) is 3. The van der Waals surface area contributed by atoms with Crippen LogP contribution in [-0.2, 0) is 12.6 Å². The quantitative estimate of drug-likeness (QED) is 0.912. The highest BCUT2D eigenvalue weighted by molar-refractivity contribution is 9.10. The van der Waals surface area contributed by atoms with Gasteiger partial charge in [-0.2, -0.15) is 13.2 Å². The molecule has 0 aliphatic rings. The first-order chi connectivity index (χ1) is 9.47. The Morgan fingerprint density at radius 1 is 1.20 bits per heavy atom. The lowest BCUT2D eigenvalue weighted by molar-refractivity contribution is -0.137. The van der Waals surface area contributed by atoms with Gasteiger partial charge in [0.15, 0.2) is 0 Å². The lowest BCUT2D eigenvalue weighted by Gasteiger charge is -2.13. The van der Waals surface area contributed by atoms with Gasteiger partial charge in [0.05, 0.1) is 5.56 Å². The van der Waals surface area contributed by atoms with Gasteiger partial charge in [0.2, 0.25) is 0 Å². The molecule has 0 bridgehead atoms. The van der Waals surface area contributed by atoms with E-state index in [0.717, 1.165) is 11.8 Å². The van der Waals surface area contributed by atoms with Gasteiger partial charge >= 0.3 is 6.18 Å². The Hall–Kier alpha value is -1.63. The molecule has 2 aromatic heterocycles. The van der Waals surface area contributed by atoms with Crippen LogP contribution in [0.1, 0.15) is 11.3 Å². The first-order valence-electron chi connectivity index (χ1n) is 5.83. The second kappa shape index (κ2) is 6.21. The molecule has 7 heteroatoms. The van der Waals surface area contributed by atoms with Crippen molar-refractivity contribution < 1.29 is 13.2 Å². The summed E-state index contributed by atoms with van der Waals surface area (Å²) in [7, 11) is 0. The van der Waals surface area contributed by atoms with Crippen LogP contribution in [0.3, 0.4) is 0 Å². The Bertz CT molecular complexity index is 573. The van der Waals surface area contributed by atoms with Crippen molar-refractivity contribution in [1.29, 1.82) is 0 Å². The summed E-state index contributed by atoms with van der Waals surface area (Å²) >= 11 is 2.99. The maximum absolute atomic E-state index is 12.9. The average molecular weight is 346 g/mol. The molecule has 20 heavy (non-hydrogen) atoms. The van der Waals surface area contributed by atoms with Gasteiger partial charge < -0.3 is 5.32 Å². The first-order valence-corrected chi connectivity index (χ1v) is 6.62. The van der Waals surface area contributed by atoms with Gasteiger partial charge in [0, 0.05) is 35.5 Å². The Balaban J connectivity index is 2.06. The Morgan fingerprint density at radius 3 is 2.65 bits per heavy atom. The van der Waals surface area contributed by atoms with Crippen molar-refractivity contribution in [2.24, 2.45) is 0 Å². The van der Waals surface area contributed by atoms with E-state index < -0.39 is 11.7 Å². The van der Waals surface area contributed by atoms with E-state index in [1.54, 1.807) is 12.3 Å². The minimum Gasteiger partial charge on any atom is -0.369 e. The molecule has 0 spiro atoms. The summed E-state index contributed by atoms with van der Waals surface area (Å²) in [5, 5.41) is 2.70. The number of anilines is 1. The molecule has 2 rings (SSSR count). The summed E-state index contributed by atoms with van der Waals surface area (Å²) in [6.45, 7) is 0.328.